The number of carbonyl (C=O) groups excluding carboxylic acids is 3. The van der Waals surface area contributed by atoms with E-state index in [1.165, 1.54) is 50.7 Å². The molecule has 1 aromatic rings. The maximum Gasteiger partial charge on any atom is 0.338 e. The molecule has 4 aliphatic carbocycles. The zero-order chi connectivity index (χ0) is 18.1. The molecule has 0 aromatic heterocycles. The molecule has 0 aliphatic heterocycles. The number of carbonyl (C=O) groups is 3. The summed E-state index contributed by atoms with van der Waals surface area (Å²) in [4.78, 5) is 34.8. The van der Waals surface area contributed by atoms with Crippen LogP contribution in [-0.2, 0) is 9.53 Å². The minimum absolute atomic E-state index is 0.237. The highest BCUT2D eigenvalue weighted by molar-refractivity contribution is 5.92. The van der Waals surface area contributed by atoms with Crippen LogP contribution in [0.1, 0.15) is 59.2 Å². The highest BCUT2D eigenvalue weighted by atomic mass is 16.5. The first kappa shape index (κ1) is 17.3. The van der Waals surface area contributed by atoms with Gasteiger partial charge in [0.25, 0.3) is 5.91 Å². The molecule has 4 bridgehead atoms. The van der Waals surface area contributed by atoms with Gasteiger partial charge in [-0.15, -0.1) is 0 Å². The van der Waals surface area contributed by atoms with Crippen molar-refractivity contribution in [2.45, 2.75) is 38.5 Å². The van der Waals surface area contributed by atoms with Crippen LogP contribution in [0.2, 0.25) is 0 Å². The quantitative estimate of drug-likeness (QED) is 0.629. The molecule has 4 fully saturated rings. The summed E-state index contributed by atoms with van der Waals surface area (Å²) in [5, 5.41) is 3.00. The number of nitrogens with one attached hydrogen (secondary N) is 1. The van der Waals surface area contributed by atoms with Gasteiger partial charge in [0.2, 0.25) is 0 Å². The zero-order valence-corrected chi connectivity index (χ0v) is 14.9. The van der Waals surface area contributed by atoms with Gasteiger partial charge in [0.1, 0.15) is 6.29 Å². The lowest BCUT2D eigenvalue weighted by Crippen LogP contribution is -2.51. The smallest absolute Gasteiger partial charge is 0.338 e. The fourth-order valence-electron chi connectivity index (χ4n) is 5.76. The van der Waals surface area contributed by atoms with Crippen molar-refractivity contribution < 1.29 is 19.1 Å². The van der Waals surface area contributed by atoms with E-state index in [0.29, 0.717) is 24.0 Å². The molecular formula is C21H25NO4. The van der Waals surface area contributed by atoms with Crippen LogP contribution in [0.15, 0.2) is 24.3 Å². The summed E-state index contributed by atoms with van der Waals surface area (Å²) in [6.45, 7) is 0.446. The standard InChI is InChI=1S/C21H25NO4/c23-11-14-1-3-18(4-2-14)20(25)26-12-19(24)22-13-21-8-15-5-16(9-21)7-17(6-15)10-21/h1-4,11,15-17H,5-10,12-13H2,(H,22,24). The number of hydrogen-bond donors (Lipinski definition) is 1. The number of esters is 1. The molecule has 138 valence electrons. The van der Waals surface area contributed by atoms with Crippen molar-refractivity contribution in [3.63, 3.8) is 0 Å². The van der Waals surface area contributed by atoms with Gasteiger partial charge in [0, 0.05) is 12.1 Å². The summed E-state index contributed by atoms with van der Waals surface area (Å²) in [5.74, 6) is 1.77. The average molecular weight is 355 g/mol. The largest absolute Gasteiger partial charge is 0.452 e. The number of amides is 1. The Kier molecular flexibility index (Phi) is 4.55. The van der Waals surface area contributed by atoms with E-state index in [1.54, 1.807) is 12.1 Å². The van der Waals surface area contributed by atoms with E-state index >= 15 is 0 Å². The second kappa shape index (κ2) is 6.86. The lowest BCUT2D eigenvalue weighted by Gasteiger charge is -2.56. The maximum absolute atomic E-state index is 12.1. The van der Waals surface area contributed by atoms with E-state index in [2.05, 4.69) is 5.32 Å². The van der Waals surface area contributed by atoms with Crippen LogP contribution in [0.3, 0.4) is 0 Å². The second-order valence-corrected chi connectivity index (χ2v) is 8.51. The SMILES string of the molecule is O=Cc1ccc(C(=O)OCC(=O)NCC23CC4CC(CC(C4)C2)C3)cc1. The van der Waals surface area contributed by atoms with Crippen molar-refractivity contribution in [1.82, 2.24) is 5.32 Å². The van der Waals surface area contributed by atoms with E-state index in [4.69, 9.17) is 4.74 Å². The molecule has 0 radical (unpaired) electrons. The first-order valence-electron chi connectivity index (χ1n) is 9.54. The number of rotatable bonds is 6. The Labute approximate surface area is 153 Å². The summed E-state index contributed by atoms with van der Waals surface area (Å²) in [7, 11) is 0. The van der Waals surface area contributed by atoms with Gasteiger partial charge in [-0.1, -0.05) is 12.1 Å². The van der Waals surface area contributed by atoms with E-state index < -0.39 is 5.97 Å². The molecule has 0 saturated heterocycles. The molecule has 4 saturated carbocycles. The molecule has 1 amide bonds. The van der Waals surface area contributed by atoms with Crippen molar-refractivity contribution in [2.75, 3.05) is 13.2 Å². The van der Waals surface area contributed by atoms with Crippen LogP contribution in [-0.4, -0.2) is 31.3 Å². The number of hydrogen-bond acceptors (Lipinski definition) is 4. The number of ether oxygens (including phenoxy) is 1. The molecule has 0 unspecified atom stereocenters. The van der Waals surface area contributed by atoms with Gasteiger partial charge in [-0.05, 0) is 73.8 Å². The molecule has 5 rings (SSSR count). The Morgan fingerprint density at radius 3 is 2.15 bits per heavy atom. The van der Waals surface area contributed by atoms with Gasteiger partial charge >= 0.3 is 5.97 Å². The van der Waals surface area contributed by atoms with Crippen molar-refractivity contribution in [2.24, 2.45) is 23.2 Å². The lowest BCUT2D eigenvalue weighted by atomic mass is 9.49. The highest BCUT2D eigenvalue weighted by Crippen LogP contribution is 2.59. The van der Waals surface area contributed by atoms with E-state index in [9.17, 15) is 14.4 Å². The van der Waals surface area contributed by atoms with Crippen molar-refractivity contribution >= 4 is 18.2 Å². The Bertz CT molecular complexity index is 674. The predicted molar refractivity (Wildman–Crippen MR) is 95.7 cm³/mol. The normalized spacial score (nSPS) is 31.5. The van der Waals surface area contributed by atoms with Gasteiger partial charge in [0.05, 0.1) is 5.56 Å². The first-order valence-corrected chi connectivity index (χ1v) is 9.54. The Morgan fingerprint density at radius 2 is 1.62 bits per heavy atom. The molecule has 1 aromatic carbocycles. The van der Waals surface area contributed by atoms with Crippen molar-refractivity contribution in [3.8, 4) is 0 Å². The average Bonchev–Trinajstić information content (AvgIpc) is 2.63. The predicted octanol–water partition coefficient (Wildman–Crippen LogP) is 2.99. The van der Waals surface area contributed by atoms with Crippen LogP contribution in [0.25, 0.3) is 0 Å². The maximum atomic E-state index is 12.1. The van der Waals surface area contributed by atoms with Gasteiger partial charge in [0.15, 0.2) is 6.61 Å². The van der Waals surface area contributed by atoms with Crippen LogP contribution in [0.5, 0.6) is 0 Å². The summed E-state index contributed by atoms with van der Waals surface area (Å²) in [6, 6.07) is 6.16. The third-order valence-electron chi connectivity index (χ3n) is 6.44. The van der Waals surface area contributed by atoms with Gasteiger partial charge in [-0.2, -0.15) is 0 Å². The first-order chi connectivity index (χ1) is 12.5. The van der Waals surface area contributed by atoms with Crippen LogP contribution < -0.4 is 5.32 Å². The Morgan fingerprint density at radius 1 is 1.04 bits per heavy atom. The molecule has 0 spiro atoms. The Balaban J connectivity index is 1.25. The molecule has 5 nitrogen and oxygen atoms in total. The van der Waals surface area contributed by atoms with E-state index in [0.717, 1.165) is 17.8 Å². The number of benzene rings is 1. The molecule has 0 heterocycles. The van der Waals surface area contributed by atoms with Crippen molar-refractivity contribution in [3.05, 3.63) is 35.4 Å². The molecule has 26 heavy (non-hydrogen) atoms. The fourth-order valence-corrected chi connectivity index (χ4v) is 5.76. The molecule has 4 aliphatic rings. The topological polar surface area (TPSA) is 72.5 Å². The molecule has 1 N–H and O–H groups in total. The summed E-state index contributed by atoms with van der Waals surface area (Å²) in [6.07, 6.45) is 8.58. The summed E-state index contributed by atoms with van der Waals surface area (Å²) in [5.41, 5.74) is 1.11. The van der Waals surface area contributed by atoms with Crippen LogP contribution >= 0.6 is 0 Å². The highest BCUT2D eigenvalue weighted by Gasteiger charge is 2.50. The van der Waals surface area contributed by atoms with Crippen molar-refractivity contribution in [1.29, 1.82) is 0 Å². The lowest BCUT2D eigenvalue weighted by molar-refractivity contribution is -0.126. The number of aldehydes is 1. The zero-order valence-electron chi connectivity index (χ0n) is 14.9. The monoisotopic (exact) mass is 355 g/mol. The summed E-state index contributed by atoms with van der Waals surface area (Å²) < 4.78 is 5.10. The Hall–Kier alpha value is -2.17. The second-order valence-electron chi connectivity index (χ2n) is 8.51. The molecule has 5 heteroatoms. The summed E-state index contributed by atoms with van der Waals surface area (Å²) >= 11 is 0. The minimum atomic E-state index is -0.549. The fraction of sp³-hybridized carbons (Fsp3) is 0.571. The molecule has 0 atom stereocenters. The van der Waals surface area contributed by atoms with Crippen LogP contribution in [0, 0.1) is 23.2 Å². The third kappa shape index (κ3) is 3.53. The third-order valence-corrected chi connectivity index (χ3v) is 6.44. The van der Waals surface area contributed by atoms with E-state index in [1.807, 2.05) is 0 Å². The minimum Gasteiger partial charge on any atom is -0.452 e. The van der Waals surface area contributed by atoms with Crippen LogP contribution in [0.4, 0.5) is 0 Å². The van der Waals surface area contributed by atoms with E-state index in [-0.39, 0.29) is 17.9 Å². The van der Waals surface area contributed by atoms with Gasteiger partial charge < -0.3 is 10.1 Å². The molecular weight excluding hydrogens is 330 g/mol. The van der Waals surface area contributed by atoms with Gasteiger partial charge in [-0.25, -0.2) is 4.79 Å². The van der Waals surface area contributed by atoms with Gasteiger partial charge in [-0.3, -0.25) is 9.59 Å².